The highest BCUT2D eigenvalue weighted by Gasteiger charge is 2.21. The lowest BCUT2D eigenvalue weighted by molar-refractivity contribution is 0.0984. The van der Waals surface area contributed by atoms with Crippen molar-refractivity contribution < 1.29 is 9.21 Å². The number of hydrogen-bond donors (Lipinski definition) is 0. The molecule has 0 N–H and O–H groups in total. The van der Waals surface area contributed by atoms with Crippen LogP contribution in [0.1, 0.15) is 28.7 Å². The van der Waals surface area contributed by atoms with E-state index in [2.05, 4.69) is 4.98 Å². The Morgan fingerprint density at radius 1 is 1.22 bits per heavy atom. The number of para-hydroxylation sites is 1. The summed E-state index contributed by atoms with van der Waals surface area (Å²) in [4.78, 5) is 19.0. The Kier molecular flexibility index (Phi) is 4.30. The number of carbonyl (C=O) groups excluding carboxylic acids is 1. The normalized spacial score (nSPS) is 10.7. The Hall–Kier alpha value is -2.40. The number of amides is 1. The van der Waals surface area contributed by atoms with E-state index in [0.717, 1.165) is 22.0 Å². The smallest absolute Gasteiger partial charge is 0.277 e. The van der Waals surface area contributed by atoms with Crippen molar-refractivity contribution in [1.29, 1.82) is 0 Å². The van der Waals surface area contributed by atoms with Crippen LogP contribution in [0.25, 0.3) is 10.8 Å². The molecule has 0 atom stereocenters. The maximum absolute atomic E-state index is 12.8. The van der Waals surface area contributed by atoms with E-state index in [1.165, 1.54) is 11.3 Å². The third-order valence-electron chi connectivity index (χ3n) is 3.64. The summed E-state index contributed by atoms with van der Waals surface area (Å²) in [7, 11) is 0. The van der Waals surface area contributed by atoms with Crippen LogP contribution in [0.15, 0.2) is 46.2 Å². The Morgan fingerprint density at radius 3 is 2.65 bits per heavy atom. The Balaban J connectivity index is 1.90. The van der Waals surface area contributed by atoms with E-state index in [9.17, 15) is 4.79 Å². The molecule has 2 aromatic heterocycles. The van der Waals surface area contributed by atoms with Crippen LogP contribution in [0.2, 0.25) is 0 Å². The molecule has 0 bridgehead atoms. The lowest BCUT2D eigenvalue weighted by atomic mass is 10.1. The molecule has 3 rings (SSSR count). The molecule has 1 aromatic carbocycles. The number of hydrogen-bond acceptors (Lipinski definition) is 4. The maximum Gasteiger partial charge on any atom is 0.277 e. The monoisotopic (exact) mass is 326 g/mol. The average Bonchev–Trinajstić information content (AvgIpc) is 3.18. The summed E-state index contributed by atoms with van der Waals surface area (Å²) in [6.45, 7) is 6.45. The van der Waals surface area contributed by atoms with E-state index in [4.69, 9.17) is 4.42 Å². The molecule has 0 aliphatic rings. The first-order valence-electron chi connectivity index (χ1n) is 7.50. The first-order chi connectivity index (χ1) is 11.1. The summed E-state index contributed by atoms with van der Waals surface area (Å²) in [6, 6.07) is 11.6. The number of aryl methyl sites for hydroxylation is 2. The largest absolute Gasteiger partial charge is 0.459 e. The van der Waals surface area contributed by atoms with Crippen LogP contribution < -0.4 is 4.90 Å². The van der Waals surface area contributed by atoms with E-state index in [-0.39, 0.29) is 5.91 Å². The van der Waals surface area contributed by atoms with Gasteiger partial charge in [-0.25, -0.2) is 4.98 Å². The Bertz CT molecular complexity index is 835. The highest BCUT2D eigenvalue weighted by Crippen LogP contribution is 2.27. The number of anilines is 1. The zero-order valence-corrected chi connectivity index (χ0v) is 14.2. The zero-order chi connectivity index (χ0) is 16.4. The van der Waals surface area contributed by atoms with E-state index < -0.39 is 0 Å². The van der Waals surface area contributed by atoms with E-state index in [0.29, 0.717) is 18.0 Å². The van der Waals surface area contributed by atoms with Crippen molar-refractivity contribution in [2.24, 2.45) is 0 Å². The average molecular weight is 326 g/mol. The van der Waals surface area contributed by atoms with Gasteiger partial charge in [-0.2, -0.15) is 0 Å². The molecule has 0 aliphatic carbocycles. The summed E-state index contributed by atoms with van der Waals surface area (Å²) >= 11 is 1.42. The van der Waals surface area contributed by atoms with Gasteiger partial charge >= 0.3 is 0 Å². The number of aromatic nitrogens is 1. The van der Waals surface area contributed by atoms with Crippen LogP contribution in [0, 0.1) is 13.8 Å². The van der Waals surface area contributed by atoms with Crippen molar-refractivity contribution in [3.63, 3.8) is 0 Å². The van der Waals surface area contributed by atoms with Crippen LogP contribution in [0.3, 0.4) is 0 Å². The number of nitrogens with zero attached hydrogens (tertiary/aromatic N) is 2. The van der Waals surface area contributed by atoms with Gasteiger partial charge in [0, 0.05) is 17.6 Å². The predicted molar refractivity (Wildman–Crippen MR) is 93.1 cm³/mol. The molecule has 3 aromatic rings. The van der Waals surface area contributed by atoms with Gasteiger partial charge in [0.15, 0.2) is 10.8 Å². The lowest BCUT2D eigenvalue weighted by Gasteiger charge is -2.21. The van der Waals surface area contributed by atoms with Crippen LogP contribution >= 0.6 is 11.3 Å². The summed E-state index contributed by atoms with van der Waals surface area (Å²) in [6.07, 6.45) is 0. The van der Waals surface area contributed by atoms with Crippen molar-refractivity contribution in [2.75, 3.05) is 11.4 Å². The van der Waals surface area contributed by atoms with Crippen molar-refractivity contribution in [3.8, 4) is 10.8 Å². The molecular weight excluding hydrogens is 308 g/mol. The van der Waals surface area contributed by atoms with Gasteiger partial charge in [-0.1, -0.05) is 18.2 Å². The molecule has 4 nitrogen and oxygen atoms in total. The minimum atomic E-state index is -0.0902. The number of furan rings is 1. The quantitative estimate of drug-likeness (QED) is 0.699. The van der Waals surface area contributed by atoms with Crippen molar-refractivity contribution in [1.82, 2.24) is 4.98 Å². The fraction of sp³-hybridized carbons (Fsp3) is 0.222. The standard InChI is InChI=1S/C18H18N2O2S/c1-4-20(15-8-6-5-7-12(15)2)18(21)14-11-23-17(19-14)16-10-9-13(3)22-16/h5-11H,4H2,1-3H3. The minimum Gasteiger partial charge on any atom is -0.459 e. The van der Waals surface area contributed by atoms with Crippen LogP contribution in [0.5, 0.6) is 0 Å². The fourth-order valence-electron chi connectivity index (χ4n) is 2.46. The minimum absolute atomic E-state index is 0.0902. The van der Waals surface area contributed by atoms with Gasteiger partial charge in [-0.3, -0.25) is 4.79 Å². The summed E-state index contributed by atoms with van der Waals surface area (Å²) in [5.41, 5.74) is 2.44. The predicted octanol–water partition coefficient (Wildman–Crippen LogP) is 4.69. The van der Waals surface area contributed by atoms with E-state index in [1.807, 2.05) is 57.2 Å². The van der Waals surface area contributed by atoms with Gasteiger partial charge in [0.05, 0.1) is 0 Å². The summed E-state index contributed by atoms with van der Waals surface area (Å²) in [5, 5.41) is 2.51. The van der Waals surface area contributed by atoms with Gasteiger partial charge in [0.1, 0.15) is 11.5 Å². The number of thiazole rings is 1. The SMILES string of the molecule is CCN(C(=O)c1csc(-c2ccc(C)o2)n1)c1ccccc1C. The molecule has 0 saturated heterocycles. The molecule has 0 radical (unpaired) electrons. The van der Waals surface area contributed by atoms with Crippen LogP contribution in [0.4, 0.5) is 5.69 Å². The molecule has 0 unspecified atom stereocenters. The van der Waals surface area contributed by atoms with E-state index >= 15 is 0 Å². The van der Waals surface area contributed by atoms with Gasteiger partial charge < -0.3 is 9.32 Å². The van der Waals surface area contributed by atoms with Crippen molar-refractivity contribution in [2.45, 2.75) is 20.8 Å². The van der Waals surface area contributed by atoms with Gasteiger partial charge in [-0.05, 0) is 44.5 Å². The topological polar surface area (TPSA) is 46.3 Å². The van der Waals surface area contributed by atoms with Gasteiger partial charge in [0.25, 0.3) is 5.91 Å². The first-order valence-corrected chi connectivity index (χ1v) is 8.38. The summed E-state index contributed by atoms with van der Waals surface area (Å²) in [5.74, 6) is 1.44. The molecule has 118 valence electrons. The molecule has 0 fully saturated rings. The molecule has 0 spiro atoms. The molecule has 0 aliphatic heterocycles. The third kappa shape index (κ3) is 3.05. The second kappa shape index (κ2) is 6.38. The molecule has 5 heteroatoms. The molecule has 1 amide bonds. The zero-order valence-electron chi connectivity index (χ0n) is 13.4. The number of benzene rings is 1. The van der Waals surface area contributed by atoms with Crippen LogP contribution in [-0.4, -0.2) is 17.4 Å². The Labute approximate surface area is 139 Å². The highest BCUT2D eigenvalue weighted by atomic mass is 32.1. The van der Waals surface area contributed by atoms with Crippen molar-refractivity contribution >= 4 is 22.9 Å². The second-order valence-corrected chi connectivity index (χ2v) is 6.14. The molecule has 0 saturated carbocycles. The maximum atomic E-state index is 12.8. The lowest BCUT2D eigenvalue weighted by Crippen LogP contribution is -2.31. The first kappa shape index (κ1) is 15.5. The van der Waals surface area contributed by atoms with Gasteiger partial charge in [-0.15, -0.1) is 11.3 Å². The number of carbonyl (C=O) groups is 1. The Morgan fingerprint density at radius 2 is 2.00 bits per heavy atom. The molecule has 23 heavy (non-hydrogen) atoms. The summed E-state index contributed by atoms with van der Waals surface area (Å²) < 4.78 is 5.58. The van der Waals surface area contributed by atoms with Crippen molar-refractivity contribution in [3.05, 3.63) is 58.8 Å². The number of rotatable bonds is 4. The van der Waals surface area contributed by atoms with E-state index in [1.54, 1.807) is 10.3 Å². The highest BCUT2D eigenvalue weighted by molar-refractivity contribution is 7.13. The van der Waals surface area contributed by atoms with Gasteiger partial charge in [0.2, 0.25) is 0 Å². The fourth-order valence-corrected chi connectivity index (χ4v) is 3.22. The van der Waals surface area contributed by atoms with Crippen LogP contribution in [-0.2, 0) is 0 Å². The third-order valence-corrected chi connectivity index (χ3v) is 4.50. The molecular formula is C18H18N2O2S. The molecule has 2 heterocycles. The second-order valence-electron chi connectivity index (χ2n) is 5.28.